The van der Waals surface area contributed by atoms with Crippen molar-refractivity contribution in [2.75, 3.05) is 7.11 Å². The molecule has 1 saturated carbocycles. The van der Waals surface area contributed by atoms with Crippen LogP contribution >= 0.6 is 0 Å². The molecule has 1 aliphatic carbocycles. The average molecular weight is 240 g/mol. The standard InChI is InChI=1S/C15H16N2O/c1-18-12-4-2-3-10(7-12)11-5-6-15(17-9-11)13-8-14(13)16/h2-7,9,13-14H,8,16H2,1H3/t13-,14+/m0/s1. The maximum Gasteiger partial charge on any atom is 0.119 e. The van der Waals surface area contributed by atoms with E-state index in [0.29, 0.717) is 12.0 Å². The Bertz CT molecular complexity index is 551. The Balaban J connectivity index is 1.87. The summed E-state index contributed by atoms with van der Waals surface area (Å²) in [4.78, 5) is 4.50. The first kappa shape index (κ1) is 11.2. The Morgan fingerprint density at radius 2 is 2.06 bits per heavy atom. The normalized spacial score (nSPS) is 21.7. The number of pyridine rings is 1. The van der Waals surface area contributed by atoms with Gasteiger partial charge in [0.05, 0.1) is 7.11 Å². The number of nitrogens with two attached hydrogens (primary N) is 1. The molecule has 92 valence electrons. The summed E-state index contributed by atoms with van der Waals surface area (Å²) in [6, 6.07) is 12.5. The van der Waals surface area contributed by atoms with Crippen molar-refractivity contribution in [2.45, 2.75) is 18.4 Å². The van der Waals surface area contributed by atoms with Crippen molar-refractivity contribution >= 4 is 0 Å². The minimum atomic E-state index is 0.306. The van der Waals surface area contributed by atoms with Gasteiger partial charge in [-0.15, -0.1) is 0 Å². The maximum atomic E-state index is 5.83. The van der Waals surface area contributed by atoms with Crippen molar-refractivity contribution in [3.63, 3.8) is 0 Å². The van der Waals surface area contributed by atoms with Gasteiger partial charge in [0, 0.05) is 29.4 Å². The predicted octanol–water partition coefficient (Wildman–Crippen LogP) is 2.57. The van der Waals surface area contributed by atoms with Gasteiger partial charge in [-0.2, -0.15) is 0 Å². The number of benzene rings is 1. The molecule has 0 spiro atoms. The molecule has 0 amide bonds. The van der Waals surface area contributed by atoms with Gasteiger partial charge in [-0.1, -0.05) is 18.2 Å². The van der Waals surface area contributed by atoms with E-state index in [2.05, 4.69) is 23.2 Å². The van der Waals surface area contributed by atoms with E-state index >= 15 is 0 Å². The third kappa shape index (κ3) is 2.09. The molecule has 3 heteroatoms. The van der Waals surface area contributed by atoms with E-state index in [1.807, 2.05) is 24.4 Å². The minimum absolute atomic E-state index is 0.306. The Hall–Kier alpha value is -1.87. The van der Waals surface area contributed by atoms with Crippen LogP contribution in [0.2, 0.25) is 0 Å². The number of methoxy groups -OCH3 is 1. The second kappa shape index (κ2) is 4.42. The fourth-order valence-electron chi connectivity index (χ4n) is 2.15. The number of hydrogen-bond donors (Lipinski definition) is 1. The van der Waals surface area contributed by atoms with Crippen LogP contribution in [0, 0.1) is 0 Å². The second-order valence-electron chi connectivity index (χ2n) is 4.71. The third-order valence-electron chi connectivity index (χ3n) is 3.41. The van der Waals surface area contributed by atoms with Gasteiger partial charge in [-0.3, -0.25) is 4.98 Å². The van der Waals surface area contributed by atoms with Gasteiger partial charge in [0.15, 0.2) is 0 Å². The van der Waals surface area contributed by atoms with Crippen molar-refractivity contribution < 1.29 is 4.74 Å². The Kier molecular flexibility index (Phi) is 2.76. The molecule has 1 heterocycles. The molecule has 2 aromatic rings. The SMILES string of the molecule is COc1cccc(-c2ccc([C@H]3C[C@H]3N)nc2)c1. The van der Waals surface area contributed by atoms with Gasteiger partial charge in [0.2, 0.25) is 0 Å². The zero-order valence-electron chi connectivity index (χ0n) is 10.3. The highest BCUT2D eigenvalue weighted by Crippen LogP contribution is 2.38. The fraction of sp³-hybridized carbons (Fsp3) is 0.267. The first-order chi connectivity index (χ1) is 8.78. The van der Waals surface area contributed by atoms with E-state index in [4.69, 9.17) is 10.5 Å². The molecule has 0 bridgehead atoms. The number of ether oxygens (including phenoxy) is 1. The van der Waals surface area contributed by atoms with Crippen LogP contribution in [-0.4, -0.2) is 18.1 Å². The summed E-state index contributed by atoms with van der Waals surface area (Å²) in [6.07, 6.45) is 2.97. The third-order valence-corrected chi connectivity index (χ3v) is 3.41. The molecule has 0 saturated heterocycles. The number of rotatable bonds is 3. The summed E-state index contributed by atoms with van der Waals surface area (Å²) < 4.78 is 5.23. The van der Waals surface area contributed by atoms with Gasteiger partial charge >= 0.3 is 0 Å². The van der Waals surface area contributed by atoms with Gasteiger partial charge in [-0.25, -0.2) is 0 Å². The van der Waals surface area contributed by atoms with Crippen LogP contribution in [0.1, 0.15) is 18.0 Å². The van der Waals surface area contributed by atoms with Crippen LogP contribution in [0.4, 0.5) is 0 Å². The number of nitrogens with zero attached hydrogens (tertiary/aromatic N) is 1. The van der Waals surface area contributed by atoms with Gasteiger partial charge in [0.25, 0.3) is 0 Å². The molecular weight excluding hydrogens is 224 g/mol. The summed E-state index contributed by atoms with van der Waals surface area (Å²) in [5.74, 6) is 1.32. The smallest absolute Gasteiger partial charge is 0.119 e. The van der Waals surface area contributed by atoms with Crippen molar-refractivity contribution in [1.29, 1.82) is 0 Å². The number of hydrogen-bond acceptors (Lipinski definition) is 3. The monoisotopic (exact) mass is 240 g/mol. The van der Waals surface area contributed by atoms with E-state index in [9.17, 15) is 0 Å². The fourth-order valence-corrected chi connectivity index (χ4v) is 2.15. The van der Waals surface area contributed by atoms with Crippen LogP contribution in [0.5, 0.6) is 5.75 Å². The molecule has 1 aromatic heterocycles. The zero-order valence-corrected chi connectivity index (χ0v) is 10.3. The predicted molar refractivity (Wildman–Crippen MR) is 71.6 cm³/mol. The lowest BCUT2D eigenvalue weighted by Gasteiger charge is -2.05. The van der Waals surface area contributed by atoms with E-state index in [-0.39, 0.29) is 0 Å². The van der Waals surface area contributed by atoms with Crippen molar-refractivity contribution in [2.24, 2.45) is 5.73 Å². The Morgan fingerprint density at radius 3 is 2.67 bits per heavy atom. The second-order valence-corrected chi connectivity index (χ2v) is 4.71. The van der Waals surface area contributed by atoms with Crippen molar-refractivity contribution in [3.05, 3.63) is 48.3 Å². The zero-order chi connectivity index (χ0) is 12.5. The molecule has 3 rings (SSSR count). The van der Waals surface area contributed by atoms with Crippen molar-refractivity contribution in [3.8, 4) is 16.9 Å². The van der Waals surface area contributed by atoms with Crippen molar-refractivity contribution in [1.82, 2.24) is 4.98 Å². The first-order valence-electron chi connectivity index (χ1n) is 6.14. The van der Waals surface area contributed by atoms with Crippen LogP contribution in [0.3, 0.4) is 0 Å². The summed E-state index contributed by atoms with van der Waals surface area (Å²) in [7, 11) is 1.68. The van der Waals surface area contributed by atoms with E-state index in [0.717, 1.165) is 29.0 Å². The highest BCUT2D eigenvalue weighted by molar-refractivity contribution is 5.64. The summed E-state index contributed by atoms with van der Waals surface area (Å²) in [6.45, 7) is 0. The summed E-state index contributed by atoms with van der Waals surface area (Å²) in [5.41, 5.74) is 9.16. The minimum Gasteiger partial charge on any atom is -0.497 e. The molecule has 0 unspecified atom stereocenters. The van der Waals surface area contributed by atoms with E-state index < -0.39 is 0 Å². The molecule has 1 aliphatic rings. The Morgan fingerprint density at radius 1 is 1.22 bits per heavy atom. The summed E-state index contributed by atoms with van der Waals surface area (Å²) >= 11 is 0. The van der Waals surface area contributed by atoms with Crippen LogP contribution < -0.4 is 10.5 Å². The molecule has 18 heavy (non-hydrogen) atoms. The lowest BCUT2D eigenvalue weighted by atomic mass is 10.1. The molecule has 0 aliphatic heterocycles. The lowest BCUT2D eigenvalue weighted by molar-refractivity contribution is 0.415. The van der Waals surface area contributed by atoms with Gasteiger partial charge < -0.3 is 10.5 Å². The molecular formula is C15H16N2O. The highest BCUT2D eigenvalue weighted by atomic mass is 16.5. The molecule has 3 nitrogen and oxygen atoms in total. The van der Waals surface area contributed by atoms with Gasteiger partial charge in [0.1, 0.15) is 5.75 Å². The molecule has 2 N–H and O–H groups in total. The quantitative estimate of drug-likeness (QED) is 0.897. The number of aromatic nitrogens is 1. The van der Waals surface area contributed by atoms with E-state index in [1.165, 1.54) is 0 Å². The maximum absolute atomic E-state index is 5.83. The Labute approximate surface area is 107 Å². The lowest BCUT2D eigenvalue weighted by Crippen LogP contribution is -2.01. The van der Waals surface area contributed by atoms with E-state index in [1.54, 1.807) is 7.11 Å². The molecule has 2 atom stereocenters. The average Bonchev–Trinajstić information content (AvgIpc) is 3.16. The molecule has 0 radical (unpaired) electrons. The summed E-state index contributed by atoms with van der Waals surface area (Å²) in [5, 5.41) is 0. The van der Waals surface area contributed by atoms with Crippen LogP contribution in [-0.2, 0) is 0 Å². The van der Waals surface area contributed by atoms with Crippen LogP contribution in [0.25, 0.3) is 11.1 Å². The highest BCUT2D eigenvalue weighted by Gasteiger charge is 2.35. The molecule has 1 fully saturated rings. The van der Waals surface area contributed by atoms with Crippen LogP contribution in [0.15, 0.2) is 42.6 Å². The largest absolute Gasteiger partial charge is 0.497 e. The topological polar surface area (TPSA) is 48.1 Å². The first-order valence-corrected chi connectivity index (χ1v) is 6.14. The molecule has 1 aromatic carbocycles. The van der Waals surface area contributed by atoms with Gasteiger partial charge in [-0.05, 0) is 30.2 Å².